The summed E-state index contributed by atoms with van der Waals surface area (Å²) in [7, 11) is 0. The van der Waals surface area contributed by atoms with Crippen LogP contribution in [0.25, 0.3) is 11.3 Å². The molecule has 7 heteroatoms. The van der Waals surface area contributed by atoms with Crippen molar-refractivity contribution in [1.82, 2.24) is 4.98 Å². The summed E-state index contributed by atoms with van der Waals surface area (Å²) in [4.78, 5) is 15.7. The molecule has 0 aliphatic heterocycles. The topological polar surface area (TPSA) is 59.4 Å². The van der Waals surface area contributed by atoms with E-state index in [1.807, 2.05) is 20.8 Å². The van der Waals surface area contributed by atoms with Crippen molar-refractivity contribution >= 4 is 5.97 Å². The van der Waals surface area contributed by atoms with Crippen molar-refractivity contribution < 1.29 is 27.8 Å². The molecule has 28 heavy (non-hydrogen) atoms. The fraction of sp³-hybridized carbons (Fsp3) is 0.429. The Bertz CT molecular complexity index is 830. The molecule has 0 saturated carbocycles. The number of halogens is 3. The van der Waals surface area contributed by atoms with Gasteiger partial charge in [-0.1, -0.05) is 43.7 Å². The van der Waals surface area contributed by atoms with Crippen LogP contribution in [-0.2, 0) is 6.18 Å². The molecule has 0 bridgehead atoms. The van der Waals surface area contributed by atoms with Crippen molar-refractivity contribution in [3.8, 4) is 17.1 Å². The first-order valence-corrected chi connectivity index (χ1v) is 9.08. The Labute approximate surface area is 162 Å². The normalized spacial score (nSPS) is 12.9. The zero-order valence-electron chi connectivity index (χ0n) is 16.3. The molecule has 2 aromatic rings. The van der Waals surface area contributed by atoms with Gasteiger partial charge in [0.15, 0.2) is 0 Å². The molecule has 0 spiro atoms. The fourth-order valence-corrected chi connectivity index (χ4v) is 2.73. The second-order valence-electron chi connectivity index (χ2n) is 7.30. The Morgan fingerprint density at radius 2 is 1.75 bits per heavy atom. The minimum absolute atomic E-state index is 0.0170. The number of aromatic carboxylic acids is 1. The van der Waals surface area contributed by atoms with Crippen molar-refractivity contribution in [3.05, 3.63) is 47.0 Å². The van der Waals surface area contributed by atoms with Crippen LogP contribution in [0.15, 0.2) is 30.3 Å². The van der Waals surface area contributed by atoms with Gasteiger partial charge in [-0.15, -0.1) is 0 Å². The predicted molar refractivity (Wildman–Crippen MR) is 101 cm³/mol. The lowest BCUT2D eigenvalue weighted by Crippen LogP contribution is -2.20. The maximum Gasteiger partial charge on any atom is 0.417 e. The first-order valence-electron chi connectivity index (χ1n) is 9.08. The number of hydrogen-bond acceptors (Lipinski definition) is 3. The monoisotopic (exact) mass is 395 g/mol. The third kappa shape index (κ3) is 5.47. The van der Waals surface area contributed by atoms with Gasteiger partial charge in [0.25, 0.3) is 0 Å². The third-order valence-corrected chi connectivity index (χ3v) is 4.32. The zero-order chi connectivity index (χ0) is 21.1. The lowest BCUT2D eigenvalue weighted by molar-refractivity contribution is -0.138. The van der Waals surface area contributed by atoms with Crippen LogP contribution in [0.4, 0.5) is 13.2 Å². The van der Waals surface area contributed by atoms with Crippen LogP contribution in [0, 0.1) is 12.8 Å². The molecule has 1 unspecified atom stereocenters. The van der Waals surface area contributed by atoms with Gasteiger partial charge < -0.3 is 9.84 Å². The highest BCUT2D eigenvalue weighted by Crippen LogP contribution is 2.38. The molecule has 0 saturated heterocycles. The third-order valence-electron chi connectivity index (χ3n) is 4.32. The number of alkyl halides is 3. The van der Waals surface area contributed by atoms with Crippen LogP contribution < -0.4 is 4.74 Å². The number of aromatic nitrogens is 1. The first kappa shape index (κ1) is 21.7. The van der Waals surface area contributed by atoms with Crippen molar-refractivity contribution in [3.63, 3.8) is 0 Å². The predicted octanol–water partition coefficient (Wildman–Crippen LogP) is 5.98. The molecule has 1 aromatic heterocycles. The summed E-state index contributed by atoms with van der Waals surface area (Å²) in [5.41, 5.74) is -0.812. The minimum Gasteiger partial charge on any atom is -0.477 e. The van der Waals surface area contributed by atoms with E-state index in [1.165, 1.54) is 0 Å². The van der Waals surface area contributed by atoms with E-state index in [4.69, 9.17) is 4.74 Å². The molecule has 0 fully saturated rings. The summed E-state index contributed by atoms with van der Waals surface area (Å²) in [5, 5.41) is 9.42. The molecule has 4 nitrogen and oxygen atoms in total. The van der Waals surface area contributed by atoms with E-state index < -0.39 is 35.3 Å². The van der Waals surface area contributed by atoms with E-state index in [1.54, 1.807) is 31.2 Å². The van der Waals surface area contributed by atoms with Crippen molar-refractivity contribution in [2.75, 3.05) is 0 Å². The Balaban J connectivity index is 2.57. The molecular weight excluding hydrogens is 371 g/mol. The number of aryl methyl sites for hydroxylation is 1. The van der Waals surface area contributed by atoms with E-state index in [2.05, 4.69) is 4.98 Å². The van der Waals surface area contributed by atoms with E-state index in [-0.39, 0.29) is 5.69 Å². The number of pyridine rings is 1. The number of carboxylic acids is 1. The summed E-state index contributed by atoms with van der Waals surface area (Å²) in [6, 6.07) is 7.55. The van der Waals surface area contributed by atoms with Crippen LogP contribution in [0.1, 0.15) is 55.1 Å². The molecule has 0 aliphatic carbocycles. The van der Waals surface area contributed by atoms with Gasteiger partial charge in [0.2, 0.25) is 5.88 Å². The number of rotatable bonds is 7. The van der Waals surface area contributed by atoms with Gasteiger partial charge in [-0.25, -0.2) is 9.78 Å². The number of ether oxygens (including phenoxy) is 1. The molecule has 0 radical (unpaired) electrons. The Morgan fingerprint density at radius 1 is 1.14 bits per heavy atom. The Morgan fingerprint density at radius 3 is 2.25 bits per heavy atom. The summed E-state index contributed by atoms with van der Waals surface area (Å²) < 4.78 is 46.4. The van der Waals surface area contributed by atoms with Crippen LogP contribution in [-0.4, -0.2) is 22.2 Å². The standard InChI is InChI=1S/C21H24F3NO3/c1-12(2)5-8-14(4)28-19-18(20(26)27)16(21(22,23)24)11-17(25-19)15-9-6-13(3)7-10-15/h6-7,9-12,14H,5,8H2,1-4H3,(H,26,27). The Kier molecular flexibility index (Phi) is 6.69. The van der Waals surface area contributed by atoms with Crippen molar-refractivity contribution in [1.29, 1.82) is 0 Å². The van der Waals surface area contributed by atoms with Gasteiger partial charge in [0, 0.05) is 5.56 Å². The van der Waals surface area contributed by atoms with Gasteiger partial charge in [-0.05, 0) is 38.7 Å². The average Bonchev–Trinajstić information content (AvgIpc) is 2.59. The number of hydrogen-bond donors (Lipinski definition) is 1. The summed E-state index contributed by atoms with van der Waals surface area (Å²) in [6.07, 6.45) is -3.94. The lowest BCUT2D eigenvalue weighted by atomic mass is 10.0. The quantitative estimate of drug-likeness (QED) is 0.627. The molecule has 1 heterocycles. The molecule has 1 aromatic carbocycles. The van der Waals surface area contributed by atoms with Gasteiger partial charge in [0.1, 0.15) is 5.56 Å². The average molecular weight is 395 g/mol. The second kappa shape index (κ2) is 8.63. The molecule has 0 aliphatic rings. The smallest absolute Gasteiger partial charge is 0.417 e. The van der Waals surface area contributed by atoms with Crippen LogP contribution in [0.5, 0.6) is 5.88 Å². The summed E-state index contributed by atoms with van der Waals surface area (Å²) >= 11 is 0. The van der Waals surface area contributed by atoms with Gasteiger partial charge in [-0.2, -0.15) is 13.2 Å². The van der Waals surface area contributed by atoms with Crippen LogP contribution in [0.3, 0.4) is 0 Å². The molecule has 1 atom stereocenters. The highest BCUT2D eigenvalue weighted by Gasteiger charge is 2.39. The van der Waals surface area contributed by atoms with E-state index >= 15 is 0 Å². The SMILES string of the molecule is Cc1ccc(-c2cc(C(F)(F)F)c(C(=O)O)c(OC(C)CCC(C)C)n2)cc1. The molecule has 1 N–H and O–H groups in total. The minimum atomic E-state index is -4.85. The Hall–Kier alpha value is -2.57. The highest BCUT2D eigenvalue weighted by atomic mass is 19.4. The van der Waals surface area contributed by atoms with E-state index in [9.17, 15) is 23.1 Å². The van der Waals surface area contributed by atoms with Gasteiger partial charge in [0.05, 0.1) is 17.4 Å². The fourth-order valence-electron chi connectivity index (χ4n) is 2.73. The molecule has 2 rings (SSSR count). The summed E-state index contributed by atoms with van der Waals surface area (Å²) in [6.45, 7) is 7.60. The molecule has 0 amide bonds. The largest absolute Gasteiger partial charge is 0.477 e. The number of carbonyl (C=O) groups is 1. The number of carboxylic acid groups (broad SMARTS) is 1. The maximum atomic E-state index is 13.6. The second-order valence-corrected chi connectivity index (χ2v) is 7.30. The number of benzene rings is 1. The van der Waals surface area contributed by atoms with Crippen molar-refractivity contribution in [2.45, 2.75) is 52.8 Å². The maximum absolute atomic E-state index is 13.6. The first-order chi connectivity index (χ1) is 13.0. The summed E-state index contributed by atoms with van der Waals surface area (Å²) in [5.74, 6) is -1.84. The van der Waals surface area contributed by atoms with E-state index in [0.717, 1.165) is 18.1 Å². The number of nitrogens with zero attached hydrogens (tertiary/aromatic N) is 1. The van der Waals surface area contributed by atoms with E-state index in [0.29, 0.717) is 17.9 Å². The molecule has 152 valence electrons. The van der Waals surface area contributed by atoms with Gasteiger partial charge in [-0.3, -0.25) is 0 Å². The zero-order valence-corrected chi connectivity index (χ0v) is 16.3. The van der Waals surface area contributed by atoms with Crippen molar-refractivity contribution in [2.24, 2.45) is 5.92 Å². The van der Waals surface area contributed by atoms with Gasteiger partial charge >= 0.3 is 12.1 Å². The van der Waals surface area contributed by atoms with Crippen LogP contribution in [0.2, 0.25) is 0 Å². The molecular formula is C21H24F3NO3. The lowest BCUT2D eigenvalue weighted by Gasteiger charge is -2.20. The van der Waals surface area contributed by atoms with Crippen LogP contribution >= 0.6 is 0 Å². The highest BCUT2D eigenvalue weighted by molar-refractivity contribution is 5.93.